The maximum Gasteiger partial charge on any atom is 0.253 e. The predicted molar refractivity (Wildman–Crippen MR) is 71.6 cm³/mol. The second-order valence-electron chi connectivity index (χ2n) is 4.70. The maximum absolute atomic E-state index is 12.3. The molecule has 18 heavy (non-hydrogen) atoms. The largest absolute Gasteiger partial charge is 0.494 e. The molecular weight excluding hydrogens is 226 g/mol. The second kappa shape index (κ2) is 5.89. The zero-order valence-electron chi connectivity index (χ0n) is 10.9. The Bertz CT molecular complexity index is 409. The molecule has 1 radical (unpaired) electrons. The molecule has 0 unspecified atom stereocenters. The number of ether oxygens (including phenoxy) is 1. The minimum atomic E-state index is 0.100. The van der Waals surface area contributed by atoms with Gasteiger partial charge in [-0.15, -0.1) is 0 Å². The summed E-state index contributed by atoms with van der Waals surface area (Å²) >= 11 is 0. The summed E-state index contributed by atoms with van der Waals surface area (Å²) in [4.78, 5) is 14.2. The maximum atomic E-state index is 12.3. The molecule has 0 N–H and O–H groups in total. The topological polar surface area (TPSA) is 29.5 Å². The first-order chi connectivity index (χ1) is 8.70. The van der Waals surface area contributed by atoms with Crippen molar-refractivity contribution in [1.29, 1.82) is 0 Å². The molecule has 3 nitrogen and oxygen atoms in total. The van der Waals surface area contributed by atoms with Gasteiger partial charge in [-0.25, -0.2) is 0 Å². The quantitative estimate of drug-likeness (QED) is 0.820. The van der Waals surface area contributed by atoms with E-state index in [2.05, 4.69) is 6.92 Å². The van der Waals surface area contributed by atoms with Crippen molar-refractivity contribution in [3.05, 3.63) is 36.8 Å². The summed E-state index contributed by atoms with van der Waals surface area (Å²) in [5.41, 5.74) is 0.712. The van der Waals surface area contributed by atoms with E-state index in [1.54, 1.807) is 0 Å². The number of carbonyl (C=O) groups excluding carboxylic acids is 1. The van der Waals surface area contributed by atoms with Crippen molar-refractivity contribution in [1.82, 2.24) is 4.90 Å². The summed E-state index contributed by atoms with van der Waals surface area (Å²) in [6.07, 6.45) is 1.99. The van der Waals surface area contributed by atoms with Crippen molar-refractivity contribution in [2.45, 2.75) is 19.8 Å². The van der Waals surface area contributed by atoms with Crippen LogP contribution in [0.2, 0.25) is 0 Å². The molecule has 1 saturated heterocycles. The van der Waals surface area contributed by atoms with Crippen LogP contribution in [-0.4, -0.2) is 30.5 Å². The molecule has 97 valence electrons. The highest BCUT2D eigenvalue weighted by atomic mass is 16.5. The number of likely N-dealkylation sites (tertiary alicyclic amines) is 1. The lowest BCUT2D eigenvalue weighted by atomic mass is 9.98. The van der Waals surface area contributed by atoms with Crippen LogP contribution in [0.25, 0.3) is 0 Å². The zero-order chi connectivity index (χ0) is 13.0. The Morgan fingerprint density at radius 3 is 2.83 bits per heavy atom. The fourth-order valence-electron chi connectivity index (χ4n) is 2.20. The number of nitrogens with zero attached hydrogens (tertiary/aromatic N) is 1. The van der Waals surface area contributed by atoms with E-state index in [9.17, 15) is 4.79 Å². The Kier molecular flexibility index (Phi) is 4.24. The molecule has 0 spiro atoms. The molecular formula is C15H20NO2. The van der Waals surface area contributed by atoms with Gasteiger partial charge in [-0.05, 0) is 43.9 Å². The predicted octanol–water partition coefficient (Wildman–Crippen LogP) is 2.77. The van der Waals surface area contributed by atoms with Crippen LogP contribution >= 0.6 is 0 Å². The summed E-state index contributed by atoms with van der Waals surface area (Å²) in [6, 6.07) is 7.41. The standard InChI is InChI=1S/C15H20NO2/c1-3-18-14-6-4-5-13(11-14)15(17)16-9-7-12(2)8-10-16/h4-6,11-12H,2-3,7-10H2,1H3. The van der Waals surface area contributed by atoms with E-state index in [-0.39, 0.29) is 5.91 Å². The molecule has 1 aliphatic rings. The lowest BCUT2D eigenvalue weighted by Gasteiger charge is -2.30. The number of carbonyl (C=O) groups is 1. The normalized spacial score (nSPS) is 16.7. The molecule has 1 amide bonds. The third-order valence-electron chi connectivity index (χ3n) is 3.29. The van der Waals surface area contributed by atoms with Gasteiger partial charge in [-0.3, -0.25) is 4.79 Å². The van der Waals surface area contributed by atoms with Gasteiger partial charge in [0.25, 0.3) is 5.91 Å². The zero-order valence-corrected chi connectivity index (χ0v) is 10.9. The van der Waals surface area contributed by atoms with Gasteiger partial charge in [0.2, 0.25) is 0 Å². The molecule has 0 aromatic heterocycles. The first-order valence-electron chi connectivity index (χ1n) is 6.56. The first kappa shape index (κ1) is 12.9. The van der Waals surface area contributed by atoms with Crippen molar-refractivity contribution in [2.75, 3.05) is 19.7 Å². The molecule has 1 aromatic carbocycles. The van der Waals surface area contributed by atoms with Crippen molar-refractivity contribution in [2.24, 2.45) is 5.92 Å². The van der Waals surface area contributed by atoms with Crippen LogP contribution in [0, 0.1) is 12.8 Å². The summed E-state index contributed by atoms with van der Waals surface area (Å²) in [5.74, 6) is 1.35. The van der Waals surface area contributed by atoms with Gasteiger partial charge in [0.15, 0.2) is 0 Å². The minimum absolute atomic E-state index is 0.100. The van der Waals surface area contributed by atoms with E-state index in [1.807, 2.05) is 36.1 Å². The van der Waals surface area contributed by atoms with Gasteiger partial charge in [0, 0.05) is 18.7 Å². The van der Waals surface area contributed by atoms with Gasteiger partial charge in [-0.2, -0.15) is 0 Å². The van der Waals surface area contributed by atoms with E-state index in [0.29, 0.717) is 18.1 Å². The van der Waals surface area contributed by atoms with Gasteiger partial charge < -0.3 is 9.64 Å². The van der Waals surface area contributed by atoms with Gasteiger partial charge >= 0.3 is 0 Å². The average molecular weight is 246 g/mol. The highest BCUT2D eigenvalue weighted by Gasteiger charge is 2.21. The smallest absolute Gasteiger partial charge is 0.253 e. The summed E-state index contributed by atoms with van der Waals surface area (Å²) < 4.78 is 5.42. The molecule has 1 aromatic rings. The number of hydrogen-bond donors (Lipinski definition) is 0. The van der Waals surface area contributed by atoms with Crippen molar-refractivity contribution in [3.8, 4) is 5.75 Å². The van der Waals surface area contributed by atoms with Crippen LogP contribution in [0.1, 0.15) is 30.1 Å². The van der Waals surface area contributed by atoms with E-state index in [0.717, 1.165) is 31.7 Å². The second-order valence-corrected chi connectivity index (χ2v) is 4.70. The van der Waals surface area contributed by atoms with E-state index < -0.39 is 0 Å². The summed E-state index contributed by atoms with van der Waals surface area (Å²) in [5, 5.41) is 0. The molecule has 0 aliphatic carbocycles. The molecule has 0 saturated carbocycles. The van der Waals surface area contributed by atoms with E-state index in [4.69, 9.17) is 4.74 Å². The van der Waals surface area contributed by atoms with Gasteiger partial charge in [0.05, 0.1) is 6.61 Å². The highest BCUT2D eigenvalue weighted by Crippen LogP contribution is 2.20. The van der Waals surface area contributed by atoms with E-state index in [1.165, 1.54) is 0 Å². The third-order valence-corrected chi connectivity index (χ3v) is 3.29. The van der Waals surface area contributed by atoms with Crippen LogP contribution in [0.3, 0.4) is 0 Å². The van der Waals surface area contributed by atoms with Gasteiger partial charge in [0.1, 0.15) is 5.75 Å². The Hall–Kier alpha value is -1.51. The summed E-state index contributed by atoms with van der Waals surface area (Å²) in [6.45, 7) is 8.22. The molecule has 0 atom stereocenters. The Morgan fingerprint density at radius 1 is 1.44 bits per heavy atom. The van der Waals surface area contributed by atoms with Crippen LogP contribution in [0.5, 0.6) is 5.75 Å². The monoisotopic (exact) mass is 246 g/mol. The van der Waals surface area contributed by atoms with E-state index >= 15 is 0 Å². The molecule has 1 heterocycles. The van der Waals surface area contributed by atoms with Crippen molar-refractivity contribution in [3.63, 3.8) is 0 Å². The lowest BCUT2D eigenvalue weighted by Crippen LogP contribution is -2.37. The molecule has 1 fully saturated rings. The SMILES string of the molecule is [CH2]C1CCN(C(=O)c2cccc(OCC)c2)CC1. The number of piperidine rings is 1. The van der Waals surface area contributed by atoms with Crippen molar-refractivity contribution < 1.29 is 9.53 Å². The first-order valence-corrected chi connectivity index (χ1v) is 6.56. The van der Waals surface area contributed by atoms with Crippen LogP contribution < -0.4 is 4.74 Å². The third kappa shape index (κ3) is 3.03. The Labute approximate surface area is 109 Å². The Morgan fingerprint density at radius 2 is 2.17 bits per heavy atom. The highest BCUT2D eigenvalue weighted by molar-refractivity contribution is 5.94. The average Bonchev–Trinajstić information content (AvgIpc) is 2.39. The van der Waals surface area contributed by atoms with Crippen LogP contribution in [0.4, 0.5) is 0 Å². The Balaban J connectivity index is 2.06. The molecule has 0 bridgehead atoms. The summed E-state index contributed by atoms with van der Waals surface area (Å²) in [7, 11) is 0. The van der Waals surface area contributed by atoms with Gasteiger partial charge in [-0.1, -0.05) is 13.0 Å². The number of rotatable bonds is 3. The fraction of sp³-hybridized carbons (Fsp3) is 0.467. The van der Waals surface area contributed by atoms with Crippen LogP contribution in [-0.2, 0) is 0 Å². The van der Waals surface area contributed by atoms with Crippen LogP contribution in [0.15, 0.2) is 24.3 Å². The number of amides is 1. The fourth-order valence-corrected chi connectivity index (χ4v) is 2.20. The van der Waals surface area contributed by atoms with Crippen molar-refractivity contribution >= 4 is 5.91 Å². The minimum Gasteiger partial charge on any atom is -0.494 e. The lowest BCUT2D eigenvalue weighted by molar-refractivity contribution is 0.0704. The number of benzene rings is 1. The molecule has 2 rings (SSSR count). The molecule has 3 heteroatoms. The molecule has 1 aliphatic heterocycles. The number of hydrogen-bond acceptors (Lipinski definition) is 2.